The van der Waals surface area contributed by atoms with Crippen molar-refractivity contribution in [2.45, 2.75) is 51.4 Å². The van der Waals surface area contributed by atoms with Crippen LogP contribution in [0.25, 0.3) is 0 Å². The highest BCUT2D eigenvalue weighted by atomic mass is 16.5. The van der Waals surface area contributed by atoms with Gasteiger partial charge in [-0.15, -0.1) is 0 Å². The number of benzene rings is 1. The van der Waals surface area contributed by atoms with Crippen LogP contribution >= 0.6 is 0 Å². The highest BCUT2D eigenvalue weighted by Crippen LogP contribution is 2.60. The molecule has 4 rings (SSSR count). The van der Waals surface area contributed by atoms with Crippen LogP contribution in [0.5, 0.6) is 5.75 Å². The molecule has 0 aromatic heterocycles. The van der Waals surface area contributed by atoms with Gasteiger partial charge in [-0.25, -0.2) is 5.48 Å². The lowest BCUT2D eigenvalue weighted by molar-refractivity contribution is -0.129. The van der Waals surface area contributed by atoms with Gasteiger partial charge in [0.1, 0.15) is 11.5 Å². The molecule has 0 saturated heterocycles. The largest absolute Gasteiger partial charge is 0.508 e. The molecule has 0 spiro atoms. The number of hydrogen-bond donors (Lipinski definition) is 3. The van der Waals surface area contributed by atoms with Gasteiger partial charge in [0.15, 0.2) is 0 Å². The van der Waals surface area contributed by atoms with Crippen LogP contribution in [0.4, 0.5) is 0 Å². The number of nitrogens with one attached hydrogen (secondary N) is 1. The molecule has 3 aliphatic carbocycles. The zero-order valence-electron chi connectivity index (χ0n) is 14.4. The number of aryl methyl sites for hydroxylation is 1. The Bertz CT molecular complexity index is 743. The highest BCUT2D eigenvalue weighted by molar-refractivity contribution is 5.89. The van der Waals surface area contributed by atoms with Gasteiger partial charge in [0.2, 0.25) is 0 Å². The molecule has 0 aliphatic heterocycles. The molecule has 4 atom stereocenters. The molecule has 0 unspecified atom stereocenters. The van der Waals surface area contributed by atoms with Gasteiger partial charge in [0.25, 0.3) is 5.91 Å². The van der Waals surface area contributed by atoms with Crippen LogP contribution in [0.3, 0.4) is 0 Å². The summed E-state index contributed by atoms with van der Waals surface area (Å²) >= 11 is 0. The molecule has 3 N–H and O–H groups in total. The SMILES string of the molecule is C[C@]12CC[C@@H]3c4c([CH]C(=O)NO)cc(O)cc4CC[C@H]3[C@@H]1CCC2=O. The molecule has 1 aromatic rings. The fraction of sp³-hybridized carbons (Fsp3) is 0.550. The monoisotopic (exact) mass is 342 g/mol. The molecule has 5 heteroatoms. The average Bonchev–Trinajstić information content (AvgIpc) is 2.89. The molecule has 3 aliphatic rings. The van der Waals surface area contributed by atoms with Crippen LogP contribution in [-0.4, -0.2) is 22.0 Å². The molecule has 1 radical (unpaired) electrons. The minimum absolute atomic E-state index is 0.144. The fourth-order valence-electron chi connectivity index (χ4n) is 5.81. The number of hydroxylamine groups is 1. The van der Waals surface area contributed by atoms with E-state index in [-0.39, 0.29) is 11.2 Å². The van der Waals surface area contributed by atoms with E-state index < -0.39 is 5.91 Å². The van der Waals surface area contributed by atoms with E-state index in [0.29, 0.717) is 35.5 Å². The summed E-state index contributed by atoms with van der Waals surface area (Å²) < 4.78 is 0. The van der Waals surface area contributed by atoms with E-state index >= 15 is 0 Å². The van der Waals surface area contributed by atoms with Crippen molar-refractivity contribution in [1.82, 2.24) is 5.48 Å². The van der Waals surface area contributed by atoms with Gasteiger partial charge in [-0.1, -0.05) is 6.92 Å². The fourth-order valence-corrected chi connectivity index (χ4v) is 5.81. The third kappa shape index (κ3) is 2.48. The van der Waals surface area contributed by atoms with E-state index in [9.17, 15) is 14.7 Å². The quantitative estimate of drug-likeness (QED) is 0.570. The predicted molar refractivity (Wildman–Crippen MR) is 91.1 cm³/mol. The zero-order chi connectivity index (χ0) is 17.8. The highest BCUT2D eigenvalue weighted by Gasteiger charge is 2.54. The maximum atomic E-state index is 12.4. The Hall–Kier alpha value is -1.88. The van der Waals surface area contributed by atoms with Gasteiger partial charge in [-0.3, -0.25) is 14.8 Å². The van der Waals surface area contributed by atoms with E-state index in [0.717, 1.165) is 43.2 Å². The first kappa shape index (κ1) is 16.6. The molecule has 0 bridgehead atoms. The molecule has 25 heavy (non-hydrogen) atoms. The molecule has 133 valence electrons. The van der Waals surface area contributed by atoms with Crippen LogP contribution < -0.4 is 5.48 Å². The summed E-state index contributed by atoms with van der Waals surface area (Å²) in [5, 5.41) is 18.9. The van der Waals surface area contributed by atoms with Crippen molar-refractivity contribution in [3.63, 3.8) is 0 Å². The molecule has 1 amide bonds. The number of carbonyl (C=O) groups is 2. The second-order valence-corrected chi connectivity index (χ2v) is 8.06. The second-order valence-electron chi connectivity index (χ2n) is 8.06. The van der Waals surface area contributed by atoms with Crippen molar-refractivity contribution in [2.24, 2.45) is 17.3 Å². The van der Waals surface area contributed by atoms with Crippen LogP contribution in [-0.2, 0) is 16.0 Å². The third-order valence-corrected chi connectivity index (χ3v) is 6.94. The lowest BCUT2D eigenvalue weighted by Crippen LogP contribution is -2.42. The van der Waals surface area contributed by atoms with E-state index in [1.807, 2.05) is 0 Å². The van der Waals surface area contributed by atoms with Crippen molar-refractivity contribution < 1.29 is 19.9 Å². The number of amides is 1. The first-order valence-electron chi connectivity index (χ1n) is 9.12. The number of Topliss-reactive ketones (excluding diaryl/α,β-unsaturated/α-hetero) is 1. The molecular formula is C20H24NO4. The van der Waals surface area contributed by atoms with Gasteiger partial charge < -0.3 is 5.11 Å². The number of ketones is 1. The van der Waals surface area contributed by atoms with Gasteiger partial charge >= 0.3 is 0 Å². The minimum atomic E-state index is -0.591. The lowest BCUT2D eigenvalue weighted by atomic mass is 9.55. The Kier molecular flexibility index (Phi) is 3.87. The maximum Gasteiger partial charge on any atom is 0.252 e. The normalized spacial score (nSPS) is 33.4. The standard InChI is InChI=1S/C20H24NO4/c1-20-7-6-15-14(16(20)4-5-17(20)23)3-2-11-8-13(22)9-12(19(11)15)10-18(24)21-25/h8-10,14-16,22,25H,2-7H2,1H3,(H,21,24)/t14-,15+,16+,20+/m1/s1. The number of carbonyl (C=O) groups excluding carboxylic acids is 2. The van der Waals surface area contributed by atoms with Crippen molar-refractivity contribution in [1.29, 1.82) is 0 Å². The van der Waals surface area contributed by atoms with E-state index in [2.05, 4.69) is 6.92 Å². The topological polar surface area (TPSA) is 86.6 Å². The molecule has 0 heterocycles. The Labute approximate surface area is 147 Å². The summed E-state index contributed by atoms with van der Waals surface area (Å²) in [6.45, 7) is 2.14. The van der Waals surface area contributed by atoms with Gasteiger partial charge in [0, 0.05) is 11.8 Å². The third-order valence-electron chi connectivity index (χ3n) is 6.94. The Balaban J connectivity index is 1.74. The minimum Gasteiger partial charge on any atom is -0.508 e. The summed E-state index contributed by atoms with van der Waals surface area (Å²) in [5.41, 5.74) is 4.36. The zero-order valence-corrected chi connectivity index (χ0v) is 14.4. The summed E-state index contributed by atoms with van der Waals surface area (Å²) in [5.74, 6) is 1.15. The predicted octanol–water partition coefficient (Wildman–Crippen LogP) is 2.88. The smallest absolute Gasteiger partial charge is 0.252 e. The molecular weight excluding hydrogens is 318 g/mol. The maximum absolute atomic E-state index is 12.4. The van der Waals surface area contributed by atoms with E-state index in [1.54, 1.807) is 17.6 Å². The Morgan fingerprint density at radius 2 is 2.08 bits per heavy atom. The van der Waals surface area contributed by atoms with Crippen molar-refractivity contribution in [3.8, 4) is 5.75 Å². The summed E-state index contributed by atoms with van der Waals surface area (Å²) in [4.78, 5) is 24.1. The number of phenols is 1. The van der Waals surface area contributed by atoms with Gasteiger partial charge in [-0.05, 0) is 78.7 Å². The Morgan fingerprint density at radius 1 is 1.28 bits per heavy atom. The molecule has 2 saturated carbocycles. The van der Waals surface area contributed by atoms with Gasteiger partial charge in [-0.2, -0.15) is 0 Å². The number of hydrogen-bond acceptors (Lipinski definition) is 4. The molecule has 1 aromatic carbocycles. The average molecular weight is 342 g/mol. The van der Waals surface area contributed by atoms with Crippen LogP contribution in [0, 0.1) is 23.7 Å². The lowest BCUT2D eigenvalue weighted by Gasteiger charge is -2.48. The van der Waals surface area contributed by atoms with Gasteiger partial charge in [0.05, 0.1) is 6.42 Å². The van der Waals surface area contributed by atoms with Crippen LogP contribution in [0.2, 0.25) is 0 Å². The summed E-state index contributed by atoms with van der Waals surface area (Å²) in [6.07, 6.45) is 6.73. The number of rotatable bonds is 2. The Morgan fingerprint density at radius 3 is 2.84 bits per heavy atom. The molecule has 5 nitrogen and oxygen atoms in total. The first-order chi connectivity index (χ1) is 11.9. The first-order valence-corrected chi connectivity index (χ1v) is 9.12. The second kappa shape index (κ2) is 5.84. The van der Waals surface area contributed by atoms with Crippen LogP contribution in [0.15, 0.2) is 12.1 Å². The number of phenolic OH excluding ortho intramolecular Hbond substituents is 1. The van der Waals surface area contributed by atoms with E-state index in [4.69, 9.17) is 5.21 Å². The summed E-state index contributed by atoms with van der Waals surface area (Å²) in [6, 6.07) is 3.40. The van der Waals surface area contributed by atoms with Crippen molar-refractivity contribution >= 4 is 11.7 Å². The van der Waals surface area contributed by atoms with E-state index in [1.165, 1.54) is 6.42 Å². The number of aromatic hydroxyl groups is 1. The molecule has 2 fully saturated rings. The van der Waals surface area contributed by atoms with Crippen molar-refractivity contribution in [2.75, 3.05) is 0 Å². The number of fused-ring (bicyclic) bond motifs is 5. The summed E-state index contributed by atoms with van der Waals surface area (Å²) in [7, 11) is 0. The van der Waals surface area contributed by atoms with Crippen LogP contribution in [0.1, 0.15) is 61.6 Å². The van der Waals surface area contributed by atoms with Crippen molar-refractivity contribution in [3.05, 3.63) is 35.2 Å².